The highest BCUT2D eigenvalue weighted by molar-refractivity contribution is 5.94. The summed E-state index contributed by atoms with van der Waals surface area (Å²) < 4.78 is 7.70. The van der Waals surface area contributed by atoms with Crippen molar-refractivity contribution in [1.29, 1.82) is 0 Å². The normalized spacial score (nSPS) is 16.1. The second kappa shape index (κ2) is 7.54. The van der Waals surface area contributed by atoms with E-state index in [1.165, 1.54) is 11.1 Å². The number of carbonyl (C=O) groups excluding carboxylic acids is 1. The Balaban J connectivity index is 1.41. The fourth-order valence-electron chi connectivity index (χ4n) is 3.33. The van der Waals surface area contributed by atoms with Gasteiger partial charge in [-0.3, -0.25) is 9.48 Å². The smallest absolute Gasteiger partial charge is 0.251 e. The van der Waals surface area contributed by atoms with Crippen molar-refractivity contribution in [2.75, 3.05) is 13.2 Å². The van der Waals surface area contributed by atoms with Crippen LogP contribution in [0.3, 0.4) is 0 Å². The number of hydrogen-bond acceptors (Lipinski definition) is 3. The Morgan fingerprint density at radius 1 is 1.19 bits per heavy atom. The van der Waals surface area contributed by atoms with Gasteiger partial charge in [0.25, 0.3) is 5.91 Å². The predicted molar refractivity (Wildman–Crippen MR) is 98.9 cm³/mol. The summed E-state index contributed by atoms with van der Waals surface area (Å²) in [4.78, 5) is 12.6. The van der Waals surface area contributed by atoms with Crippen molar-refractivity contribution in [3.8, 4) is 0 Å². The van der Waals surface area contributed by atoms with Gasteiger partial charge < -0.3 is 10.1 Å². The van der Waals surface area contributed by atoms with Crippen molar-refractivity contribution in [2.45, 2.75) is 19.1 Å². The molecule has 1 aliphatic rings. The first-order chi connectivity index (χ1) is 12.8. The zero-order valence-electron chi connectivity index (χ0n) is 14.5. The molecule has 2 heterocycles. The summed E-state index contributed by atoms with van der Waals surface area (Å²) in [5, 5.41) is 7.21. The minimum absolute atomic E-state index is 0.0843. The molecule has 5 heteroatoms. The molecular formula is C21H21N3O2. The molecular weight excluding hydrogens is 326 g/mol. The summed E-state index contributed by atoms with van der Waals surface area (Å²) in [6, 6.07) is 17.8. The summed E-state index contributed by atoms with van der Waals surface area (Å²) in [7, 11) is 0. The summed E-state index contributed by atoms with van der Waals surface area (Å²) in [5.74, 6) is -0.0843. The monoisotopic (exact) mass is 347 g/mol. The summed E-state index contributed by atoms with van der Waals surface area (Å²) in [6.45, 7) is 1.81. The Kier molecular flexibility index (Phi) is 4.80. The molecule has 4 rings (SSSR count). The standard InChI is InChI=1S/C21H21N3O2/c25-21(18-7-3-5-16(13-18)15-24-11-4-10-23-24)22-14-20-19-8-2-1-6-17(19)9-12-26-20/h1-8,10-11,13,20H,9,12,14-15H2,(H,22,25)/t20-/m1/s1. The van der Waals surface area contributed by atoms with E-state index >= 15 is 0 Å². The summed E-state index contributed by atoms with van der Waals surface area (Å²) in [5.41, 5.74) is 4.17. The number of ether oxygens (including phenoxy) is 1. The van der Waals surface area contributed by atoms with E-state index in [9.17, 15) is 4.79 Å². The van der Waals surface area contributed by atoms with Gasteiger partial charge in [0.1, 0.15) is 6.10 Å². The average molecular weight is 347 g/mol. The second-order valence-corrected chi connectivity index (χ2v) is 6.42. The van der Waals surface area contributed by atoms with Crippen LogP contribution in [0.5, 0.6) is 0 Å². The van der Waals surface area contributed by atoms with E-state index in [2.05, 4.69) is 22.5 Å². The zero-order valence-corrected chi connectivity index (χ0v) is 14.5. The third-order valence-corrected chi connectivity index (χ3v) is 4.63. The molecule has 1 atom stereocenters. The molecule has 0 fully saturated rings. The van der Waals surface area contributed by atoms with Gasteiger partial charge in [-0.15, -0.1) is 0 Å². The van der Waals surface area contributed by atoms with Gasteiger partial charge in [-0.1, -0.05) is 36.4 Å². The van der Waals surface area contributed by atoms with Crippen molar-refractivity contribution in [1.82, 2.24) is 15.1 Å². The van der Waals surface area contributed by atoms with Gasteiger partial charge in [0.2, 0.25) is 0 Å². The Morgan fingerprint density at radius 3 is 3.00 bits per heavy atom. The second-order valence-electron chi connectivity index (χ2n) is 6.42. The fraction of sp³-hybridized carbons (Fsp3) is 0.238. The summed E-state index contributed by atoms with van der Waals surface area (Å²) in [6.07, 6.45) is 4.50. The number of hydrogen-bond donors (Lipinski definition) is 1. The van der Waals surface area contributed by atoms with E-state index in [1.807, 2.05) is 53.3 Å². The molecule has 5 nitrogen and oxygen atoms in total. The first kappa shape index (κ1) is 16.5. The van der Waals surface area contributed by atoms with Crippen molar-refractivity contribution >= 4 is 5.91 Å². The van der Waals surface area contributed by atoms with E-state index in [-0.39, 0.29) is 12.0 Å². The highest BCUT2D eigenvalue weighted by Crippen LogP contribution is 2.26. The molecule has 3 aromatic rings. The number of benzene rings is 2. The topological polar surface area (TPSA) is 56.1 Å². The first-order valence-electron chi connectivity index (χ1n) is 8.83. The Hall–Kier alpha value is -2.92. The average Bonchev–Trinajstić information content (AvgIpc) is 3.19. The Morgan fingerprint density at radius 2 is 2.12 bits per heavy atom. The SMILES string of the molecule is O=C(NC[C@H]1OCCc2ccccc21)c1cccc(Cn2cccn2)c1. The highest BCUT2D eigenvalue weighted by atomic mass is 16.5. The van der Waals surface area contributed by atoms with Crippen LogP contribution in [-0.2, 0) is 17.7 Å². The number of aromatic nitrogens is 2. The molecule has 1 aromatic heterocycles. The highest BCUT2D eigenvalue weighted by Gasteiger charge is 2.21. The van der Waals surface area contributed by atoms with Crippen molar-refractivity contribution in [2.24, 2.45) is 0 Å². The van der Waals surface area contributed by atoms with E-state index in [0.717, 1.165) is 12.0 Å². The van der Waals surface area contributed by atoms with Crippen LogP contribution >= 0.6 is 0 Å². The van der Waals surface area contributed by atoms with Crippen LogP contribution in [-0.4, -0.2) is 28.8 Å². The first-order valence-corrected chi connectivity index (χ1v) is 8.83. The quantitative estimate of drug-likeness (QED) is 0.772. The van der Waals surface area contributed by atoms with Crippen molar-refractivity contribution in [3.63, 3.8) is 0 Å². The maximum absolute atomic E-state index is 12.6. The number of fused-ring (bicyclic) bond motifs is 1. The molecule has 132 valence electrons. The van der Waals surface area contributed by atoms with Gasteiger partial charge in [0.15, 0.2) is 0 Å². The van der Waals surface area contributed by atoms with Gasteiger partial charge in [0.05, 0.1) is 13.2 Å². The van der Waals surface area contributed by atoms with E-state index < -0.39 is 0 Å². The van der Waals surface area contributed by atoms with E-state index in [4.69, 9.17) is 4.74 Å². The van der Waals surface area contributed by atoms with Gasteiger partial charge in [-0.2, -0.15) is 5.10 Å². The zero-order chi connectivity index (χ0) is 17.8. The minimum Gasteiger partial charge on any atom is -0.371 e. The molecule has 0 spiro atoms. The minimum atomic E-state index is -0.0869. The lowest BCUT2D eigenvalue weighted by Crippen LogP contribution is -2.31. The third kappa shape index (κ3) is 3.68. The maximum Gasteiger partial charge on any atom is 0.251 e. The molecule has 0 aliphatic carbocycles. The van der Waals surface area contributed by atoms with Crippen LogP contribution in [0, 0.1) is 0 Å². The molecule has 0 radical (unpaired) electrons. The van der Waals surface area contributed by atoms with Gasteiger partial charge in [0, 0.05) is 24.5 Å². The lowest BCUT2D eigenvalue weighted by atomic mass is 9.97. The molecule has 0 bridgehead atoms. The molecule has 1 amide bonds. The van der Waals surface area contributed by atoms with E-state index in [1.54, 1.807) is 6.20 Å². The molecule has 1 aliphatic heterocycles. The summed E-state index contributed by atoms with van der Waals surface area (Å²) >= 11 is 0. The molecule has 1 N–H and O–H groups in total. The number of nitrogens with zero attached hydrogens (tertiary/aromatic N) is 2. The van der Waals surface area contributed by atoms with Crippen molar-refractivity contribution in [3.05, 3.63) is 89.2 Å². The fourth-order valence-corrected chi connectivity index (χ4v) is 3.33. The van der Waals surface area contributed by atoms with Crippen LogP contribution in [0.1, 0.15) is 33.2 Å². The predicted octanol–water partition coefficient (Wildman–Crippen LogP) is 2.98. The lowest BCUT2D eigenvalue weighted by Gasteiger charge is -2.26. The van der Waals surface area contributed by atoms with Gasteiger partial charge in [-0.25, -0.2) is 0 Å². The number of carbonyl (C=O) groups is 1. The number of rotatable bonds is 5. The molecule has 0 saturated heterocycles. The van der Waals surface area contributed by atoms with Crippen LogP contribution in [0.15, 0.2) is 67.0 Å². The maximum atomic E-state index is 12.6. The molecule has 2 aromatic carbocycles. The van der Waals surface area contributed by atoms with Crippen LogP contribution in [0.2, 0.25) is 0 Å². The van der Waals surface area contributed by atoms with Gasteiger partial charge in [-0.05, 0) is 41.3 Å². The Labute approximate surface area is 152 Å². The molecule has 26 heavy (non-hydrogen) atoms. The van der Waals surface area contributed by atoms with Gasteiger partial charge >= 0.3 is 0 Å². The number of nitrogens with one attached hydrogen (secondary N) is 1. The molecule has 0 saturated carbocycles. The Bertz CT molecular complexity index is 890. The van der Waals surface area contributed by atoms with Crippen LogP contribution in [0.25, 0.3) is 0 Å². The largest absolute Gasteiger partial charge is 0.371 e. The molecule has 0 unspecified atom stereocenters. The van der Waals surface area contributed by atoms with Crippen LogP contribution in [0.4, 0.5) is 0 Å². The lowest BCUT2D eigenvalue weighted by molar-refractivity contribution is 0.0411. The van der Waals surface area contributed by atoms with Crippen LogP contribution < -0.4 is 5.32 Å². The third-order valence-electron chi connectivity index (χ3n) is 4.63. The number of amides is 1. The van der Waals surface area contributed by atoms with Crippen molar-refractivity contribution < 1.29 is 9.53 Å². The van der Waals surface area contributed by atoms with E-state index in [0.29, 0.717) is 25.3 Å².